The van der Waals surface area contributed by atoms with Crippen molar-refractivity contribution in [2.75, 3.05) is 19.5 Å². The van der Waals surface area contributed by atoms with Gasteiger partial charge in [-0.1, -0.05) is 18.2 Å². The second-order valence-corrected chi connectivity index (χ2v) is 9.41. The predicted molar refractivity (Wildman–Crippen MR) is 133 cm³/mol. The van der Waals surface area contributed by atoms with E-state index in [0.29, 0.717) is 42.6 Å². The number of carboxylic acids is 1. The van der Waals surface area contributed by atoms with E-state index >= 15 is 0 Å². The van der Waals surface area contributed by atoms with E-state index in [9.17, 15) is 14.7 Å². The van der Waals surface area contributed by atoms with Gasteiger partial charge in [-0.3, -0.25) is 9.59 Å². The maximum Gasteiger partial charge on any atom is 0.311 e. The Morgan fingerprint density at radius 3 is 2.53 bits per heavy atom. The predicted octanol–water partition coefficient (Wildman–Crippen LogP) is 3.74. The van der Waals surface area contributed by atoms with Crippen LogP contribution in [0.3, 0.4) is 0 Å². The molecule has 0 spiro atoms. The van der Waals surface area contributed by atoms with Crippen molar-refractivity contribution in [3.05, 3.63) is 60.2 Å². The van der Waals surface area contributed by atoms with Crippen LogP contribution in [0.4, 0.5) is 5.82 Å². The lowest BCUT2D eigenvalue weighted by Crippen LogP contribution is -2.39. The SMILES string of the molecule is COCC1(C(=O)O)CCC(c2nc3c(-c4cnn(-c5ccccc5)c4)cnn3c(N)c2C(C)=O)CC1. The zero-order chi connectivity index (χ0) is 25.4. The molecule has 0 aliphatic heterocycles. The third-order valence-electron chi connectivity index (χ3n) is 7.18. The summed E-state index contributed by atoms with van der Waals surface area (Å²) in [7, 11) is 1.52. The Morgan fingerprint density at radius 1 is 1.17 bits per heavy atom. The van der Waals surface area contributed by atoms with E-state index in [4.69, 9.17) is 15.5 Å². The minimum absolute atomic E-state index is 0.102. The van der Waals surface area contributed by atoms with E-state index in [2.05, 4.69) is 10.2 Å². The molecule has 3 heterocycles. The number of ether oxygens (including phenoxy) is 1. The maximum absolute atomic E-state index is 12.7. The highest BCUT2D eigenvalue weighted by Crippen LogP contribution is 2.45. The van der Waals surface area contributed by atoms with Crippen molar-refractivity contribution in [3.8, 4) is 16.8 Å². The van der Waals surface area contributed by atoms with Crippen molar-refractivity contribution in [2.45, 2.75) is 38.5 Å². The highest BCUT2D eigenvalue weighted by Gasteiger charge is 2.43. The third-order valence-corrected chi connectivity index (χ3v) is 7.18. The maximum atomic E-state index is 12.7. The quantitative estimate of drug-likeness (QED) is 0.375. The molecular formula is C26H28N6O4. The van der Waals surface area contributed by atoms with Crippen molar-refractivity contribution in [1.82, 2.24) is 24.4 Å². The Bertz CT molecular complexity index is 1430. The monoisotopic (exact) mass is 488 g/mol. The molecule has 0 bridgehead atoms. The number of benzene rings is 1. The van der Waals surface area contributed by atoms with Gasteiger partial charge >= 0.3 is 5.97 Å². The number of hydrogen-bond donors (Lipinski definition) is 2. The van der Waals surface area contributed by atoms with Gasteiger partial charge in [0.25, 0.3) is 0 Å². The van der Waals surface area contributed by atoms with E-state index < -0.39 is 11.4 Å². The van der Waals surface area contributed by atoms with Gasteiger partial charge in [0, 0.05) is 30.4 Å². The first-order chi connectivity index (χ1) is 17.3. The fourth-order valence-corrected chi connectivity index (χ4v) is 5.22. The van der Waals surface area contributed by atoms with Gasteiger partial charge < -0.3 is 15.6 Å². The Balaban J connectivity index is 1.56. The van der Waals surface area contributed by atoms with Gasteiger partial charge in [0.15, 0.2) is 11.4 Å². The number of nitrogen functional groups attached to an aromatic ring is 1. The molecular weight excluding hydrogens is 460 g/mol. The largest absolute Gasteiger partial charge is 0.481 e. The molecule has 1 aliphatic carbocycles. The van der Waals surface area contributed by atoms with Gasteiger partial charge in [-0.15, -0.1) is 0 Å². The molecule has 0 saturated heterocycles. The summed E-state index contributed by atoms with van der Waals surface area (Å²) in [6, 6.07) is 9.76. The number of hydrogen-bond acceptors (Lipinski definition) is 7. The number of aromatic nitrogens is 5. The molecule has 36 heavy (non-hydrogen) atoms. The number of aliphatic carboxylic acids is 1. The summed E-state index contributed by atoms with van der Waals surface area (Å²) in [5.74, 6) is -0.921. The van der Waals surface area contributed by atoms with Crippen LogP contribution < -0.4 is 5.73 Å². The van der Waals surface area contributed by atoms with Gasteiger partial charge in [-0.2, -0.15) is 14.7 Å². The molecule has 3 N–H and O–H groups in total. The van der Waals surface area contributed by atoms with E-state index in [0.717, 1.165) is 16.8 Å². The van der Waals surface area contributed by atoms with E-state index in [1.54, 1.807) is 17.1 Å². The number of nitrogens with two attached hydrogens (primary N) is 1. The number of methoxy groups -OCH3 is 1. The lowest BCUT2D eigenvalue weighted by molar-refractivity contribution is -0.155. The van der Waals surface area contributed by atoms with E-state index in [1.165, 1.54) is 18.5 Å². The molecule has 3 aromatic heterocycles. The summed E-state index contributed by atoms with van der Waals surface area (Å²) in [5.41, 5.74) is 9.51. The number of carbonyl (C=O) groups excluding carboxylic acids is 1. The second-order valence-electron chi connectivity index (χ2n) is 9.41. The summed E-state index contributed by atoms with van der Waals surface area (Å²) >= 11 is 0. The summed E-state index contributed by atoms with van der Waals surface area (Å²) in [5, 5.41) is 18.7. The molecule has 0 amide bonds. The fourth-order valence-electron chi connectivity index (χ4n) is 5.22. The van der Waals surface area contributed by atoms with E-state index in [-0.39, 0.29) is 24.1 Å². The Morgan fingerprint density at radius 2 is 1.89 bits per heavy atom. The Hall–Kier alpha value is -4.05. The lowest BCUT2D eigenvalue weighted by Gasteiger charge is -2.36. The standard InChI is InChI=1S/C26H28N6O4/c1-16(33)21-22(17-8-10-26(11-9-17,15-36-2)25(34)35)30-24-20(13-29-32(24)23(21)27)18-12-28-31(14-18)19-6-4-3-5-7-19/h3-7,12-14,17H,8-11,15,27H2,1-2H3,(H,34,35). The van der Waals surface area contributed by atoms with Gasteiger partial charge in [0.2, 0.25) is 0 Å². The molecule has 0 atom stereocenters. The zero-order valence-electron chi connectivity index (χ0n) is 20.2. The molecule has 1 fully saturated rings. The first-order valence-electron chi connectivity index (χ1n) is 11.9. The van der Waals surface area contributed by atoms with Crippen LogP contribution in [-0.4, -0.2) is 55.0 Å². The molecule has 10 nitrogen and oxygen atoms in total. The summed E-state index contributed by atoms with van der Waals surface area (Å²) in [6.07, 6.45) is 7.31. The fraction of sp³-hybridized carbons (Fsp3) is 0.346. The number of fused-ring (bicyclic) bond motifs is 1. The molecule has 5 rings (SSSR count). The van der Waals surface area contributed by atoms with Crippen LogP contribution in [0, 0.1) is 5.41 Å². The molecule has 0 radical (unpaired) electrons. The first-order valence-corrected chi connectivity index (χ1v) is 11.9. The van der Waals surface area contributed by atoms with Crippen molar-refractivity contribution >= 4 is 23.2 Å². The topological polar surface area (TPSA) is 138 Å². The van der Waals surface area contributed by atoms with Crippen molar-refractivity contribution in [2.24, 2.45) is 5.41 Å². The minimum Gasteiger partial charge on any atom is -0.481 e. The second kappa shape index (κ2) is 9.19. The molecule has 0 unspecified atom stereocenters. The molecule has 186 valence electrons. The molecule has 4 aromatic rings. The Kier molecular flexibility index (Phi) is 6.05. The minimum atomic E-state index is -0.926. The summed E-state index contributed by atoms with van der Waals surface area (Å²) in [6.45, 7) is 1.62. The van der Waals surface area contributed by atoms with Crippen molar-refractivity contribution in [1.29, 1.82) is 0 Å². The molecule has 1 aromatic carbocycles. The number of carbonyl (C=O) groups is 2. The number of ketones is 1. The van der Waals surface area contributed by atoms with Gasteiger partial charge in [0.05, 0.1) is 41.4 Å². The van der Waals surface area contributed by atoms with Crippen LogP contribution in [0.5, 0.6) is 0 Å². The molecule has 10 heteroatoms. The van der Waals surface area contributed by atoms with Crippen molar-refractivity contribution < 1.29 is 19.4 Å². The normalized spacial score (nSPS) is 20.0. The highest BCUT2D eigenvalue weighted by atomic mass is 16.5. The number of Topliss-reactive ketones (excluding diaryl/α,β-unsaturated/α-hetero) is 1. The number of anilines is 1. The average Bonchev–Trinajstić information content (AvgIpc) is 3.52. The number of rotatable bonds is 7. The average molecular weight is 489 g/mol. The number of para-hydroxylation sites is 1. The number of carboxylic acid groups (broad SMARTS) is 1. The summed E-state index contributed by atoms with van der Waals surface area (Å²) in [4.78, 5) is 29.6. The third kappa shape index (κ3) is 3.93. The van der Waals surface area contributed by atoms with Gasteiger partial charge in [-0.25, -0.2) is 9.67 Å². The van der Waals surface area contributed by atoms with Crippen LogP contribution in [0.15, 0.2) is 48.9 Å². The van der Waals surface area contributed by atoms with Crippen molar-refractivity contribution in [3.63, 3.8) is 0 Å². The first kappa shape index (κ1) is 23.7. The van der Waals surface area contributed by atoms with Gasteiger partial charge in [0.1, 0.15) is 5.82 Å². The lowest BCUT2D eigenvalue weighted by atomic mass is 9.69. The van der Waals surface area contributed by atoms with Crippen LogP contribution in [-0.2, 0) is 9.53 Å². The van der Waals surface area contributed by atoms with E-state index in [1.807, 2.05) is 36.5 Å². The molecule has 1 aliphatic rings. The summed E-state index contributed by atoms with van der Waals surface area (Å²) < 4.78 is 8.49. The van der Waals surface area contributed by atoms with Crippen LogP contribution in [0.1, 0.15) is 54.6 Å². The van der Waals surface area contributed by atoms with Crippen LogP contribution in [0.2, 0.25) is 0 Å². The Labute approximate surface area is 207 Å². The van der Waals surface area contributed by atoms with Gasteiger partial charge in [-0.05, 0) is 44.7 Å². The van der Waals surface area contributed by atoms with Crippen LogP contribution >= 0.6 is 0 Å². The highest BCUT2D eigenvalue weighted by molar-refractivity contribution is 6.00. The molecule has 1 saturated carbocycles. The smallest absolute Gasteiger partial charge is 0.311 e. The number of nitrogens with zero attached hydrogens (tertiary/aromatic N) is 5. The zero-order valence-corrected chi connectivity index (χ0v) is 20.2. The van der Waals surface area contributed by atoms with Crippen LogP contribution in [0.25, 0.3) is 22.5 Å².